The molecular formula is C17H16FN3O2. The number of benzene rings is 2. The minimum absolute atomic E-state index is 0.389. The summed E-state index contributed by atoms with van der Waals surface area (Å²) in [6, 6.07) is 12.8. The van der Waals surface area contributed by atoms with E-state index in [2.05, 4.69) is 10.6 Å². The average Bonchev–Trinajstić information content (AvgIpc) is 2.55. The molecule has 0 aliphatic rings. The van der Waals surface area contributed by atoms with Gasteiger partial charge < -0.3 is 15.7 Å². The van der Waals surface area contributed by atoms with Crippen LogP contribution in [0, 0.1) is 17.1 Å². The van der Waals surface area contributed by atoms with Crippen LogP contribution in [-0.2, 0) is 0 Å². The summed E-state index contributed by atoms with van der Waals surface area (Å²) in [4.78, 5) is 11.9. The summed E-state index contributed by atoms with van der Waals surface area (Å²) in [6.07, 6.45) is -0.956. The monoisotopic (exact) mass is 313 g/mol. The molecule has 2 amide bonds. The van der Waals surface area contributed by atoms with E-state index < -0.39 is 18.2 Å². The maximum absolute atomic E-state index is 12.9. The number of aliphatic hydroxyl groups is 1. The molecule has 0 saturated heterocycles. The molecule has 0 aliphatic carbocycles. The number of carbonyl (C=O) groups excluding carboxylic acids is 1. The summed E-state index contributed by atoms with van der Waals surface area (Å²) < 4.78 is 12.9. The third-order valence-corrected chi connectivity index (χ3v) is 3.32. The van der Waals surface area contributed by atoms with Gasteiger partial charge in [-0.2, -0.15) is 5.26 Å². The van der Waals surface area contributed by atoms with Gasteiger partial charge >= 0.3 is 6.03 Å². The molecule has 2 rings (SSSR count). The Bertz CT molecular complexity index is 708. The van der Waals surface area contributed by atoms with Crippen molar-refractivity contribution < 1.29 is 14.3 Å². The van der Waals surface area contributed by atoms with Crippen LogP contribution in [0.4, 0.5) is 14.9 Å². The predicted octanol–water partition coefficient (Wildman–Crippen LogP) is 2.94. The summed E-state index contributed by atoms with van der Waals surface area (Å²) in [5.41, 5.74) is 1.54. The maximum Gasteiger partial charge on any atom is 0.319 e. The minimum atomic E-state index is -0.956. The minimum Gasteiger partial charge on any atom is -0.386 e. The zero-order chi connectivity index (χ0) is 16.8. The number of halogens is 1. The Kier molecular flexibility index (Phi) is 5.28. The Labute approximate surface area is 133 Å². The molecule has 2 aromatic carbocycles. The van der Waals surface area contributed by atoms with Crippen LogP contribution in [-0.4, -0.2) is 17.2 Å². The molecule has 118 valence electrons. The van der Waals surface area contributed by atoms with Crippen LogP contribution in [0.15, 0.2) is 48.5 Å². The number of aliphatic hydroxyl groups excluding tert-OH is 1. The van der Waals surface area contributed by atoms with E-state index >= 15 is 0 Å². The van der Waals surface area contributed by atoms with E-state index in [0.717, 1.165) is 0 Å². The first-order chi connectivity index (χ1) is 11.0. The van der Waals surface area contributed by atoms with Gasteiger partial charge in [-0.1, -0.05) is 12.1 Å². The Morgan fingerprint density at radius 2 is 1.78 bits per heavy atom. The van der Waals surface area contributed by atoms with Gasteiger partial charge in [0.25, 0.3) is 0 Å². The van der Waals surface area contributed by atoms with E-state index in [-0.39, 0.29) is 5.82 Å². The molecule has 6 heteroatoms. The fourth-order valence-corrected chi connectivity index (χ4v) is 2.03. The van der Waals surface area contributed by atoms with E-state index in [1.54, 1.807) is 31.2 Å². The molecule has 2 aromatic rings. The van der Waals surface area contributed by atoms with E-state index in [0.29, 0.717) is 16.8 Å². The molecule has 2 atom stereocenters. The molecule has 0 fully saturated rings. The molecule has 5 nitrogen and oxygen atoms in total. The highest BCUT2D eigenvalue weighted by Gasteiger charge is 2.18. The predicted molar refractivity (Wildman–Crippen MR) is 84.1 cm³/mol. The molecular weight excluding hydrogens is 297 g/mol. The lowest BCUT2D eigenvalue weighted by molar-refractivity contribution is 0.139. The van der Waals surface area contributed by atoms with Crippen molar-refractivity contribution in [3.63, 3.8) is 0 Å². The summed E-state index contributed by atoms with van der Waals surface area (Å²) in [7, 11) is 0. The van der Waals surface area contributed by atoms with Gasteiger partial charge in [-0.05, 0) is 48.9 Å². The fourth-order valence-electron chi connectivity index (χ4n) is 2.03. The van der Waals surface area contributed by atoms with Crippen LogP contribution in [0.3, 0.4) is 0 Å². The van der Waals surface area contributed by atoms with Crippen molar-refractivity contribution in [3.05, 3.63) is 65.5 Å². The van der Waals surface area contributed by atoms with E-state index in [9.17, 15) is 14.3 Å². The molecule has 2 unspecified atom stereocenters. The summed E-state index contributed by atoms with van der Waals surface area (Å²) >= 11 is 0. The van der Waals surface area contributed by atoms with Crippen molar-refractivity contribution in [1.82, 2.24) is 5.32 Å². The summed E-state index contributed by atoms with van der Waals surface area (Å²) in [5.74, 6) is -0.389. The molecule has 0 saturated carbocycles. The fraction of sp³-hybridized carbons (Fsp3) is 0.176. The molecule has 0 bridgehead atoms. The maximum atomic E-state index is 12.9. The largest absolute Gasteiger partial charge is 0.386 e. The first-order valence-corrected chi connectivity index (χ1v) is 7.01. The van der Waals surface area contributed by atoms with Crippen LogP contribution in [0.25, 0.3) is 0 Å². The number of nitrogens with zero attached hydrogens (tertiary/aromatic N) is 1. The summed E-state index contributed by atoms with van der Waals surface area (Å²) in [5, 5.41) is 24.1. The van der Waals surface area contributed by atoms with Gasteiger partial charge in [-0.25, -0.2) is 9.18 Å². The number of amides is 2. The second-order valence-electron chi connectivity index (χ2n) is 5.07. The van der Waals surface area contributed by atoms with E-state index in [4.69, 9.17) is 5.26 Å². The number of urea groups is 1. The SMILES string of the molecule is CC(NC(=O)Nc1ccc(C#N)cc1)C(O)c1ccc(F)cc1. The van der Waals surface area contributed by atoms with Crippen LogP contribution in [0.5, 0.6) is 0 Å². The van der Waals surface area contributed by atoms with Gasteiger partial charge in [0.05, 0.1) is 23.8 Å². The first-order valence-electron chi connectivity index (χ1n) is 7.01. The molecule has 0 aliphatic heterocycles. The Morgan fingerprint density at radius 3 is 2.35 bits per heavy atom. The van der Waals surface area contributed by atoms with Crippen molar-refractivity contribution in [2.45, 2.75) is 19.1 Å². The number of anilines is 1. The van der Waals surface area contributed by atoms with Crippen LogP contribution < -0.4 is 10.6 Å². The Hall–Kier alpha value is -2.91. The molecule has 0 aromatic heterocycles. The number of rotatable bonds is 4. The zero-order valence-corrected chi connectivity index (χ0v) is 12.5. The van der Waals surface area contributed by atoms with E-state index in [1.807, 2.05) is 6.07 Å². The second kappa shape index (κ2) is 7.38. The number of nitrogens with one attached hydrogen (secondary N) is 2. The van der Waals surface area contributed by atoms with Crippen LogP contribution in [0.2, 0.25) is 0 Å². The normalized spacial score (nSPS) is 12.8. The van der Waals surface area contributed by atoms with Crippen molar-refractivity contribution in [2.75, 3.05) is 5.32 Å². The van der Waals surface area contributed by atoms with Crippen molar-refractivity contribution in [3.8, 4) is 6.07 Å². The van der Waals surface area contributed by atoms with E-state index in [1.165, 1.54) is 24.3 Å². The molecule has 23 heavy (non-hydrogen) atoms. The quantitative estimate of drug-likeness (QED) is 0.811. The number of hydrogen-bond donors (Lipinski definition) is 3. The van der Waals surface area contributed by atoms with Gasteiger partial charge in [-0.15, -0.1) is 0 Å². The number of nitriles is 1. The second-order valence-corrected chi connectivity index (χ2v) is 5.07. The number of hydrogen-bond acceptors (Lipinski definition) is 3. The Balaban J connectivity index is 1.93. The summed E-state index contributed by atoms with van der Waals surface area (Å²) in [6.45, 7) is 1.65. The lowest BCUT2D eigenvalue weighted by Gasteiger charge is -2.21. The molecule has 0 spiro atoms. The van der Waals surface area contributed by atoms with Crippen LogP contribution >= 0.6 is 0 Å². The van der Waals surface area contributed by atoms with Gasteiger partial charge in [0, 0.05) is 5.69 Å². The van der Waals surface area contributed by atoms with Gasteiger partial charge in [0.2, 0.25) is 0 Å². The average molecular weight is 313 g/mol. The van der Waals surface area contributed by atoms with Gasteiger partial charge in [0.1, 0.15) is 5.82 Å². The molecule has 0 radical (unpaired) electrons. The van der Waals surface area contributed by atoms with Crippen molar-refractivity contribution in [2.24, 2.45) is 0 Å². The highest BCUT2D eigenvalue weighted by molar-refractivity contribution is 5.89. The zero-order valence-electron chi connectivity index (χ0n) is 12.5. The first kappa shape index (κ1) is 16.5. The smallest absolute Gasteiger partial charge is 0.319 e. The van der Waals surface area contributed by atoms with Crippen molar-refractivity contribution in [1.29, 1.82) is 5.26 Å². The molecule has 0 heterocycles. The lowest BCUT2D eigenvalue weighted by Crippen LogP contribution is -2.39. The van der Waals surface area contributed by atoms with Gasteiger partial charge in [0.15, 0.2) is 0 Å². The standard InChI is InChI=1S/C17H16FN3O2/c1-11(16(22)13-4-6-14(18)7-5-13)20-17(23)21-15-8-2-12(10-19)3-9-15/h2-9,11,16,22H,1H3,(H2,20,21,23). The Morgan fingerprint density at radius 1 is 1.17 bits per heavy atom. The van der Waals surface area contributed by atoms with Crippen LogP contribution in [0.1, 0.15) is 24.2 Å². The lowest BCUT2D eigenvalue weighted by atomic mass is 10.0. The third-order valence-electron chi connectivity index (χ3n) is 3.32. The highest BCUT2D eigenvalue weighted by atomic mass is 19.1. The third kappa shape index (κ3) is 4.53. The topological polar surface area (TPSA) is 85.2 Å². The highest BCUT2D eigenvalue weighted by Crippen LogP contribution is 2.17. The van der Waals surface area contributed by atoms with Crippen molar-refractivity contribution >= 4 is 11.7 Å². The number of carbonyl (C=O) groups is 1. The molecule has 3 N–H and O–H groups in total. The van der Waals surface area contributed by atoms with Gasteiger partial charge in [-0.3, -0.25) is 0 Å².